The number of carbonyl (C=O) groups is 1. The molecule has 1 aromatic carbocycles. The van der Waals surface area contributed by atoms with Crippen LogP contribution in [-0.2, 0) is 30.5 Å². The number of aryl methyl sites for hydroxylation is 3. The van der Waals surface area contributed by atoms with Crippen LogP contribution in [0.4, 0.5) is 5.82 Å². The number of nitrogens with one attached hydrogen (secondary N) is 1. The van der Waals surface area contributed by atoms with Crippen LogP contribution >= 0.6 is 11.6 Å². The number of hydrogen-bond donors (Lipinski definition) is 2. The number of hydrogen-bond acceptors (Lipinski definition) is 6. The number of carboxylic acids is 1. The Labute approximate surface area is 185 Å². The third-order valence-corrected chi connectivity index (χ3v) is 5.69. The lowest BCUT2D eigenvalue weighted by molar-refractivity contribution is -0.137. The van der Waals surface area contributed by atoms with Crippen LogP contribution in [0.25, 0.3) is 0 Å². The molecule has 2 aromatic heterocycles. The lowest BCUT2D eigenvalue weighted by Gasteiger charge is -2.17. The molecule has 3 heterocycles. The first kappa shape index (κ1) is 21.3. The molecule has 31 heavy (non-hydrogen) atoms. The van der Waals surface area contributed by atoms with Gasteiger partial charge in [0.2, 0.25) is 5.89 Å². The van der Waals surface area contributed by atoms with Crippen molar-refractivity contribution in [1.29, 1.82) is 0 Å². The topological polar surface area (TPSA) is 101 Å². The zero-order chi connectivity index (χ0) is 21.6. The van der Waals surface area contributed by atoms with Gasteiger partial charge in [0, 0.05) is 36.0 Å². The molecule has 3 aromatic rings. The van der Waals surface area contributed by atoms with E-state index < -0.39 is 5.97 Å². The number of fused-ring (bicyclic) bond motifs is 1. The van der Waals surface area contributed by atoms with E-state index in [-0.39, 0.29) is 12.3 Å². The third-order valence-electron chi connectivity index (χ3n) is 5.46. The van der Waals surface area contributed by atoms with E-state index in [2.05, 4.69) is 27.6 Å². The Balaban J connectivity index is 1.34. The van der Waals surface area contributed by atoms with Gasteiger partial charge in [0.05, 0.1) is 6.42 Å². The molecule has 4 rings (SSSR count). The molecule has 0 radical (unpaired) electrons. The molecule has 1 aliphatic rings. The van der Waals surface area contributed by atoms with E-state index in [1.54, 1.807) is 12.1 Å². The summed E-state index contributed by atoms with van der Waals surface area (Å²) in [5.41, 5.74) is 3.19. The summed E-state index contributed by atoms with van der Waals surface area (Å²) in [6, 6.07) is 11.5. The maximum Gasteiger partial charge on any atom is 0.303 e. The normalized spacial score (nSPS) is 14.0. The van der Waals surface area contributed by atoms with Gasteiger partial charge in [-0.25, -0.2) is 4.98 Å². The van der Waals surface area contributed by atoms with E-state index >= 15 is 0 Å². The van der Waals surface area contributed by atoms with Gasteiger partial charge in [0.25, 0.3) is 0 Å². The monoisotopic (exact) mass is 440 g/mol. The van der Waals surface area contributed by atoms with E-state index in [0.717, 1.165) is 49.3 Å². The van der Waals surface area contributed by atoms with Crippen LogP contribution in [0, 0.1) is 0 Å². The predicted molar refractivity (Wildman–Crippen MR) is 118 cm³/mol. The average Bonchev–Trinajstić information content (AvgIpc) is 3.20. The van der Waals surface area contributed by atoms with Gasteiger partial charge >= 0.3 is 5.97 Å². The largest absolute Gasteiger partial charge is 0.481 e. The molecule has 0 aliphatic carbocycles. The molecule has 1 unspecified atom stereocenters. The molecule has 162 valence electrons. The summed E-state index contributed by atoms with van der Waals surface area (Å²) >= 11 is 6.07. The van der Waals surface area contributed by atoms with Gasteiger partial charge in [-0.3, -0.25) is 4.79 Å². The Kier molecular flexibility index (Phi) is 6.82. The van der Waals surface area contributed by atoms with Crippen LogP contribution in [0.2, 0.25) is 5.02 Å². The first-order chi connectivity index (χ1) is 15.1. The zero-order valence-corrected chi connectivity index (χ0v) is 17.9. The molecular formula is C23H25ClN4O3. The summed E-state index contributed by atoms with van der Waals surface area (Å²) < 4.78 is 5.39. The number of aromatic nitrogens is 3. The zero-order valence-electron chi connectivity index (χ0n) is 17.2. The van der Waals surface area contributed by atoms with Gasteiger partial charge in [-0.15, -0.1) is 0 Å². The summed E-state index contributed by atoms with van der Waals surface area (Å²) in [5.74, 6) is 0.924. The fourth-order valence-corrected chi connectivity index (χ4v) is 4.10. The number of benzene rings is 1. The van der Waals surface area contributed by atoms with E-state index in [4.69, 9.17) is 21.1 Å². The number of pyridine rings is 1. The van der Waals surface area contributed by atoms with Crippen LogP contribution in [-0.4, -0.2) is 32.7 Å². The van der Waals surface area contributed by atoms with E-state index in [1.807, 2.05) is 12.1 Å². The van der Waals surface area contributed by atoms with Crippen molar-refractivity contribution in [2.75, 3.05) is 11.9 Å². The number of halogens is 1. The highest BCUT2D eigenvalue weighted by Gasteiger charge is 2.20. The first-order valence-electron chi connectivity index (χ1n) is 10.6. The average molecular weight is 441 g/mol. The molecule has 0 bridgehead atoms. The molecule has 7 nitrogen and oxygen atoms in total. The molecular weight excluding hydrogens is 416 g/mol. The van der Waals surface area contributed by atoms with Gasteiger partial charge in [0.15, 0.2) is 5.82 Å². The van der Waals surface area contributed by atoms with Crippen molar-refractivity contribution in [3.63, 3.8) is 0 Å². The molecule has 1 aliphatic heterocycles. The SMILES string of the molecule is O=C(O)CC(Cc1nc(CCCc2ccc3c(n2)NCCC3)no1)c1cccc(Cl)c1. The van der Waals surface area contributed by atoms with Crippen LogP contribution < -0.4 is 5.32 Å². The van der Waals surface area contributed by atoms with Crippen molar-refractivity contribution < 1.29 is 14.4 Å². The van der Waals surface area contributed by atoms with Crippen molar-refractivity contribution in [2.24, 2.45) is 0 Å². The number of rotatable bonds is 9. The van der Waals surface area contributed by atoms with Crippen LogP contribution in [0.3, 0.4) is 0 Å². The fourth-order valence-electron chi connectivity index (χ4n) is 3.90. The van der Waals surface area contributed by atoms with Crippen molar-refractivity contribution in [3.05, 3.63) is 70.0 Å². The Morgan fingerprint density at radius 3 is 2.97 bits per heavy atom. The first-order valence-corrected chi connectivity index (χ1v) is 11.0. The van der Waals surface area contributed by atoms with Crippen molar-refractivity contribution in [1.82, 2.24) is 15.1 Å². The predicted octanol–water partition coefficient (Wildman–Crippen LogP) is 4.45. The second kappa shape index (κ2) is 9.92. The smallest absolute Gasteiger partial charge is 0.303 e. The van der Waals surface area contributed by atoms with E-state index in [9.17, 15) is 9.90 Å². The van der Waals surface area contributed by atoms with Gasteiger partial charge in [-0.2, -0.15) is 4.98 Å². The van der Waals surface area contributed by atoms with E-state index in [1.165, 1.54) is 5.56 Å². The standard InChI is InChI=1S/C23H25ClN4O3/c24-18-6-1-4-16(12-18)17(14-22(29)30)13-21-27-20(28-31-21)8-2-7-19-10-9-15-5-3-11-25-23(15)26-19/h1,4,6,9-10,12,17H,2-3,5,7-8,11,13-14H2,(H,25,26)(H,29,30). The van der Waals surface area contributed by atoms with Crippen LogP contribution in [0.15, 0.2) is 40.9 Å². The van der Waals surface area contributed by atoms with Crippen molar-refractivity contribution in [2.45, 2.75) is 50.9 Å². The summed E-state index contributed by atoms with van der Waals surface area (Å²) in [4.78, 5) is 20.5. The highest BCUT2D eigenvalue weighted by molar-refractivity contribution is 6.30. The van der Waals surface area contributed by atoms with E-state index in [0.29, 0.717) is 29.6 Å². The minimum absolute atomic E-state index is 0.0317. The number of aliphatic carboxylic acids is 1. The second-order valence-corrected chi connectivity index (χ2v) is 8.29. The van der Waals surface area contributed by atoms with Gasteiger partial charge in [-0.1, -0.05) is 35.0 Å². The molecule has 0 saturated heterocycles. The number of anilines is 1. The Bertz CT molecular complexity index is 1050. The maximum atomic E-state index is 11.3. The Hall–Kier alpha value is -2.93. The van der Waals surface area contributed by atoms with Crippen molar-refractivity contribution in [3.8, 4) is 0 Å². The number of nitrogens with zero attached hydrogens (tertiary/aromatic N) is 3. The quantitative estimate of drug-likeness (QED) is 0.506. The molecule has 8 heteroatoms. The molecule has 1 atom stereocenters. The molecule has 0 saturated carbocycles. The lowest BCUT2D eigenvalue weighted by atomic mass is 9.92. The van der Waals surface area contributed by atoms with Gasteiger partial charge in [-0.05, 0) is 55.0 Å². The minimum Gasteiger partial charge on any atom is -0.481 e. The highest BCUT2D eigenvalue weighted by Crippen LogP contribution is 2.26. The van der Waals surface area contributed by atoms with Crippen LogP contribution in [0.5, 0.6) is 0 Å². The maximum absolute atomic E-state index is 11.3. The molecule has 2 N–H and O–H groups in total. The minimum atomic E-state index is -0.878. The van der Waals surface area contributed by atoms with Gasteiger partial charge in [0.1, 0.15) is 5.82 Å². The third kappa shape index (κ3) is 5.82. The lowest BCUT2D eigenvalue weighted by Crippen LogP contribution is -2.14. The fraction of sp³-hybridized carbons (Fsp3) is 0.391. The van der Waals surface area contributed by atoms with Crippen LogP contribution in [0.1, 0.15) is 53.7 Å². The summed E-state index contributed by atoms with van der Waals surface area (Å²) in [5, 5.41) is 17.3. The highest BCUT2D eigenvalue weighted by atomic mass is 35.5. The molecule has 0 amide bonds. The summed E-state index contributed by atoms with van der Waals surface area (Å²) in [7, 11) is 0. The Morgan fingerprint density at radius 2 is 2.13 bits per heavy atom. The number of carboxylic acid groups (broad SMARTS) is 1. The summed E-state index contributed by atoms with van der Waals surface area (Å²) in [6.07, 6.45) is 4.93. The molecule has 0 fully saturated rings. The van der Waals surface area contributed by atoms with Crippen molar-refractivity contribution >= 4 is 23.4 Å². The molecule has 0 spiro atoms. The van der Waals surface area contributed by atoms with Gasteiger partial charge < -0.3 is 14.9 Å². The second-order valence-electron chi connectivity index (χ2n) is 7.85. The summed E-state index contributed by atoms with van der Waals surface area (Å²) in [6.45, 7) is 0.979. The Morgan fingerprint density at radius 1 is 1.23 bits per heavy atom.